The lowest BCUT2D eigenvalue weighted by Crippen LogP contribution is -2.18. The number of thiazole rings is 1. The number of hydrogen-bond donors (Lipinski definition) is 1. The number of nitrogens with one attached hydrogen (secondary N) is 1. The molecular weight excluding hydrogens is 470 g/mol. The van der Waals surface area contributed by atoms with E-state index in [2.05, 4.69) is 35.7 Å². The molecule has 0 aliphatic carbocycles. The van der Waals surface area contributed by atoms with E-state index >= 15 is 0 Å². The van der Waals surface area contributed by atoms with Crippen molar-refractivity contribution in [1.29, 1.82) is 0 Å². The topological polar surface area (TPSA) is 89.8 Å². The lowest BCUT2D eigenvalue weighted by atomic mass is 10.1. The molecule has 0 fully saturated rings. The first-order chi connectivity index (χ1) is 16.2. The Morgan fingerprint density at radius 3 is 2.41 bits per heavy atom. The lowest BCUT2D eigenvalue weighted by Gasteiger charge is -2.11. The van der Waals surface area contributed by atoms with Gasteiger partial charge in [0.25, 0.3) is 15.9 Å². The molecule has 4 aromatic rings. The van der Waals surface area contributed by atoms with Crippen molar-refractivity contribution in [2.75, 3.05) is 11.8 Å². The van der Waals surface area contributed by atoms with E-state index in [1.54, 1.807) is 36.4 Å². The molecule has 0 aliphatic rings. The molecule has 3 aromatic carbocycles. The highest BCUT2D eigenvalue weighted by atomic mass is 32.2. The average molecular weight is 496 g/mol. The normalized spacial score (nSPS) is 12.2. The second kappa shape index (κ2) is 9.44. The zero-order chi connectivity index (χ0) is 24.5. The van der Waals surface area contributed by atoms with Gasteiger partial charge in [-0.05, 0) is 80.4 Å². The van der Waals surface area contributed by atoms with Crippen LogP contribution in [0, 0.1) is 13.8 Å². The fraction of sp³-hybridized carbons (Fsp3) is 0.200. The van der Waals surface area contributed by atoms with E-state index in [1.165, 1.54) is 41.7 Å². The molecule has 34 heavy (non-hydrogen) atoms. The molecule has 0 saturated carbocycles. The van der Waals surface area contributed by atoms with Gasteiger partial charge in [0.2, 0.25) is 0 Å². The third-order valence-corrected chi connectivity index (χ3v) is 8.01. The Bertz CT molecular complexity index is 1550. The van der Waals surface area contributed by atoms with E-state index < -0.39 is 15.9 Å². The molecule has 9 heteroatoms. The SMILES string of the molecule is CCn1c(=NC(=O)c2ccccc2NS(=O)(=O)c2ccc(OC)cc2)sc2cc(C)c(C)cc21. The standard InChI is InChI=1S/C25H25N3O4S2/c1-5-28-22-14-16(2)17(3)15-23(22)33-25(28)26-24(29)20-8-6-7-9-21(20)27-34(30,31)19-12-10-18(32-4)11-13-19/h6-15,27H,5H2,1-4H3. The smallest absolute Gasteiger partial charge is 0.281 e. The van der Waals surface area contributed by atoms with E-state index in [4.69, 9.17) is 4.74 Å². The Balaban J connectivity index is 1.73. The molecule has 0 radical (unpaired) electrons. The van der Waals surface area contributed by atoms with E-state index in [9.17, 15) is 13.2 Å². The summed E-state index contributed by atoms with van der Waals surface area (Å²) in [6.07, 6.45) is 0. The second-order valence-corrected chi connectivity index (χ2v) is 10.5. The predicted octanol–water partition coefficient (Wildman–Crippen LogP) is 4.89. The van der Waals surface area contributed by atoms with Gasteiger partial charge in [0, 0.05) is 6.54 Å². The van der Waals surface area contributed by atoms with Crippen LogP contribution in [-0.4, -0.2) is 26.0 Å². The highest BCUT2D eigenvalue weighted by Gasteiger charge is 2.19. The number of aromatic nitrogens is 1. The zero-order valence-electron chi connectivity index (χ0n) is 19.3. The molecule has 0 bridgehead atoms. The molecular formula is C25H25N3O4S2. The van der Waals surface area contributed by atoms with Crippen molar-refractivity contribution >= 4 is 43.2 Å². The lowest BCUT2D eigenvalue weighted by molar-refractivity contribution is 0.0998. The molecule has 4 rings (SSSR count). The number of rotatable bonds is 6. The van der Waals surface area contributed by atoms with Gasteiger partial charge in [0.05, 0.1) is 33.5 Å². The minimum absolute atomic E-state index is 0.0616. The van der Waals surface area contributed by atoms with Gasteiger partial charge in [-0.25, -0.2) is 8.42 Å². The summed E-state index contributed by atoms with van der Waals surface area (Å²) in [5, 5.41) is 0. The second-order valence-electron chi connectivity index (χ2n) is 7.78. The molecule has 1 heterocycles. The monoisotopic (exact) mass is 495 g/mol. The molecule has 1 amide bonds. The van der Waals surface area contributed by atoms with Crippen LogP contribution in [0.1, 0.15) is 28.4 Å². The Hall–Kier alpha value is -3.43. The van der Waals surface area contributed by atoms with Gasteiger partial charge in [-0.1, -0.05) is 23.5 Å². The largest absolute Gasteiger partial charge is 0.497 e. The van der Waals surface area contributed by atoms with Crippen LogP contribution in [0.25, 0.3) is 10.2 Å². The number of fused-ring (bicyclic) bond motifs is 1. The molecule has 0 aliphatic heterocycles. The van der Waals surface area contributed by atoms with Crippen LogP contribution in [-0.2, 0) is 16.6 Å². The van der Waals surface area contributed by atoms with Crippen molar-refractivity contribution in [2.45, 2.75) is 32.2 Å². The Labute approximate surface area is 202 Å². The summed E-state index contributed by atoms with van der Waals surface area (Å²) >= 11 is 1.44. The van der Waals surface area contributed by atoms with Crippen molar-refractivity contribution in [3.8, 4) is 5.75 Å². The van der Waals surface area contributed by atoms with E-state index in [-0.39, 0.29) is 16.1 Å². The number of benzene rings is 3. The molecule has 176 valence electrons. The number of carbonyl (C=O) groups is 1. The molecule has 0 unspecified atom stereocenters. The summed E-state index contributed by atoms with van der Waals surface area (Å²) in [6, 6.07) is 16.7. The van der Waals surface area contributed by atoms with Crippen LogP contribution < -0.4 is 14.3 Å². The number of sulfonamides is 1. The molecule has 0 saturated heterocycles. The maximum atomic E-state index is 13.2. The Morgan fingerprint density at radius 2 is 1.74 bits per heavy atom. The Morgan fingerprint density at radius 1 is 1.06 bits per heavy atom. The summed E-state index contributed by atoms with van der Waals surface area (Å²) in [5.41, 5.74) is 3.71. The van der Waals surface area contributed by atoms with Crippen LogP contribution in [0.4, 0.5) is 5.69 Å². The number of ether oxygens (including phenoxy) is 1. The van der Waals surface area contributed by atoms with E-state index in [1.807, 2.05) is 11.5 Å². The third-order valence-electron chi connectivity index (χ3n) is 5.58. The highest BCUT2D eigenvalue weighted by molar-refractivity contribution is 7.92. The van der Waals surface area contributed by atoms with Gasteiger partial charge < -0.3 is 9.30 Å². The predicted molar refractivity (Wildman–Crippen MR) is 135 cm³/mol. The first-order valence-corrected chi connectivity index (χ1v) is 13.0. The molecule has 0 atom stereocenters. The maximum absolute atomic E-state index is 13.2. The molecule has 7 nitrogen and oxygen atoms in total. The van der Waals surface area contributed by atoms with Crippen LogP contribution in [0.5, 0.6) is 5.75 Å². The van der Waals surface area contributed by atoms with E-state index in [0.717, 1.165) is 10.2 Å². The molecule has 1 N–H and O–H groups in total. The first kappa shape index (κ1) is 23.7. The van der Waals surface area contributed by atoms with E-state index in [0.29, 0.717) is 17.1 Å². The minimum atomic E-state index is -3.91. The molecule has 0 spiro atoms. The number of nitrogens with zero attached hydrogens (tertiary/aromatic N) is 2. The number of amides is 1. The third kappa shape index (κ3) is 4.62. The van der Waals surface area contributed by atoms with Crippen LogP contribution in [0.15, 0.2) is 70.6 Å². The van der Waals surface area contributed by atoms with Gasteiger partial charge in [-0.3, -0.25) is 9.52 Å². The van der Waals surface area contributed by atoms with Crippen LogP contribution in [0.2, 0.25) is 0 Å². The first-order valence-electron chi connectivity index (χ1n) is 10.7. The number of aryl methyl sites for hydroxylation is 3. The fourth-order valence-electron chi connectivity index (χ4n) is 3.58. The van der Waals surface area contributed by atoms with Crippen molar-refractivity contribution in [1.82, 2.24) is 4.57 Å². The number of carbonyl (C=O) groups excluding carboxylic acids is 1. The van der Waals surface area contributed by atoms with Crippen molar-refractivity contribution in [3.63, 3.8) is 0 Å². The van der Waals surface area contributed by atoms with Crippen LogP contribution >= 0.6 is 11.3 Å². The zero-order valence-corrected chi connectivity index (χ0v) is 21.0. The number of methoxy groups -OCH3 is 1. The van der Waals surface area contributed by atoms with Gasteiger partial charge in [-0.2, -0.15) is 4.99 Å². The highest BCUT2D eigenvalue weighted by Crippen LogP contribution is 2.24. The Kier molecular flexibility index (Phi) is 6.58. The summed E-state index contributed by atoms with van der Waals surface area (Å²) in [6.45, 7) is 6.76. The van der Waals surface area contributed by atoms with Crippen LogP contribution in [0.3, 0.4) is 0 Å². The van der Waals surface area contributed by atoms with Crippen molar-refractivity contribution in [3.05, 3.63) is 82.2 Å². The summed E-state index contributed by atoms with van der Waals surface area (Å²) in [5.74, 6) is 0.0292. The van der Waals surface area contributed by atoms with Crippen molar-refractivity contribution < 1.29 is 17.9 Å². The number of anilines is 1. The number of hydrogen-bond acceptors (Lipinski definition) is 5. The van der Waals surface area contributed by atoms with Gasteiger partial charge in [-0.15, -0.1) is 0 Å². The van der Waals surface area contributed by atoms with Gasteiger partial charge in [0.15, 0.2) is 4.80 Å². The summed E-state index contributed by atoms with van der Waals surface area (Å²) < 4.78 is 36.5. The average Bonchev–Trinajstić information content (AvgIpc) is 3.14. The summed E-state index contributed by atoms with van der Waals surface area (Å²) in [7, 11) is -2.40. The van der Waals surface area contributed by atoms with Gasteiger partial charge in [0.1, 0.15) is 5.75 Å². The maximum Gasteiger partial charge on any atom is 0.281 e. The number of para-hydroxylation sites is 1. The van der Waals surface area contributed by atoms with Gasteiger partial charge >= 0.3 is 0 Å². The quantitative estimate of drug-likeness (QED) is 0.412. The minimum Gasteiger partial charge on any atom is -0.497 e. The fourth-order valence-corrected chi connectivity index (χ4v) is 5.83. The van der Waals surface area contributed by atoms with Crippen molar-refractivity contribution in [2.24, 2.45) is 4.99 Å². The molecule has 1 aromatic heterocycles. The summed E-state index contributed by atoms with van der Waals surface area (Å²) in [4.78, 5) is 18.2.